The third kappa shape index (κ3) is 24.9. The molecule has 9 N–H and O–H groups in total. The van der Waals surface area contributed by atoms with E-state index < -0.39 is 85.0 Å². The summed E-state index contributed by atoms with van der Waals surface area (Å²) >= 11 is 0. The van der Waals surface area contributed by atoms with Gasteiger partial charge in [0, 0.05) is 29.5 Å². The highest BCUT2D eigenvalue weighted by Crippen LogP contribution is 2.69. The number of ether oxygens (including phenoxy) is 4. The van der Waals surface area contributed by atoms with Crippen LogP contribution in [-0.2, 0) is 63.4 Å². The number of rotatable bonds is 35. The Labute approximate surface area is 430 Å². The molecular formula is C46H74N7O18P3. The third-order valence-corrected chi connectivity index (χ3v) is 15.8. The van der Waals surface area contributed by atoms with Crippen LogP contribution in [0, 0.1) is 6.92 Å². The second-order valence-corrected chi connectivity index (χ2v) is 22.0. The van der Waals surface area contributed by atoms with E-state index in [2.05, 4.69) is 26.2 Å². The van der Waals surface area contributed by atoms with Crippen molar-refractivity contribution in [2.75, 3.05) is 13.2 Å². The summed E-state index contributed by atoms with van der Waals surface area (Å²) in [6.07, 6.45) is 16.1. The summed E-state index contributed by atoms with van der Waals surface area (Å²) in [4.78, 5) is 74.7. The first-order valence-corrected chi connectivity index (χ1v) is 28.8. The number of phosphoric acid groups is 3. The Morgan fingerprint density at radius 3 is 1.78 bits per heavy atom. The molecule has 0 bridgehead atoms. The van der Waals surface area contributed by atoms with Gasteiger partial charge in [-0.1, -0.05) is 133 Å². The first-order chi connectivity index (χ1) is 34.4. The molecule has 3 unspecified atom stereocenters. The largest absolute Gasteiger partial charge is 0.513 e. The van der Waals surface area contributed by atoms with Gasteiger partial charge in [-0.15, -0.1) is 0 Å². The fourth-order valence-corrected chi connectivity index (χ4v) is 11.3. The van der Waals surface area contributed by atoms with Gasteiger partial charge in [-0.2, -0.15) is 8.62 Å². The van der Waals surface area contributed by atoms with E-state index >= 15 is 0 Å². The molecule has 0 aliphatic carbocycles. The summed E-state index contributed by atoms with van der Waals surface area (Å²) in [6.45, 7) is 3.67. The molecule has 4 rings (SSSR count). The number of aromatic nitrogens is 2. The van der Waals surface area contributed by atoms with Gasteiger partial charge in [0.1, 0.15) is 17.7 Å². The second kappa shape index (κ2) is 34.2. The van der Waals surface area contributed by atoms with Crippen molar-refractivity contribution in [1.29, 1.82) is 0 Å². The van der Waals surface area contributed by atoms with Crippen LogP contribution in [0.5, 0.6) is 11.5 Å². The van der Waals surface area contributed by atoms with Crippen LogP contribution in [0.15, 0.2) is 69.4 Å². The Kier molecular flexibility index (Phi) is 30.3. The van der Waals surface area contributed by atoms with Crippen molar-refractivity contribution in [3.8, 4) is 11.5 Å². The fraction of sp³-hybridized carbons (Fsp3) is 0.609. The molecule has 0 radical (unpaired) electrons. The van der Waals surface area contributed by atoms with Crippen LogP contribution in [0.3, 0.4) is 0 Å². The molecule has 0 spiro atoms. The molecule has 1 aliphatic rings. The number of aromatic amines is 1. The number of phosphoric ester groups is 2. The first kappa shape index (κ1) is 65.6. The van der Waals surface area contributed by atoms with Crippen molar-refractivity contribution in [1.82, 2.24) is 21.9 Å². The van der Waals surface area contributed by atoms with Gasteiger partial charge in [-0.3, -0.25) is 32.7 Å². The van der Waals surface area contributed by atoms with E-state index in [9.17, 15) is 42.7 Å². The number of azide groups is 1. The van der Waals surface area contributed by atoms with Crippen molar-refractivity contribution in [2.45, 2.75) is 168 Å². The maximum atomic E-state index is 14.0. The number of carbonyl (C=O) groups excluding carboxylic acids is 2. The lowest BCUT2D eigenvalue weighted by molar-refractivity contribution is -0.134. The maximum Gasteiger partial charge on any atom is 0.513 e. The number of esters is 1. The molecule has 6 atom stereocenters. The van der Waals surface area contributed by atoms with Gasteiger partial charge in [0.2, 0.25) is 0 Å². The Hall–Kier alpha value is -4.54. The summed E-state index contributed by atoms with van der Waals surface area (Å²) < 4.78 is 87.7. The predicted molar refractivity (Wildman–Crippen MR) is 273 cm³/mol. The molecule has 2 aromatic carbocycles. The van der Waals surface area contributed by atoms with Gasteiger partial charge in [0.05, 0.1) is 38.6 Å². The molecule has 28 heteroatoms. The molecule has 74 heavy (non-hydrogen) atoms. The summed E-state index contributed by atoms with van der Waals surface area (Å²) in [5.74, 6) is -0.131. The number of benzene rings is 2. The van der Waals surface area contributed by atoms with Crippen LogP contribution in [0.25, 0.3) is 10.4 Å². The van der Waals surface area contributed by atoms with E-state index in [1.54, 1.807) is 0 Å². The Bertz CT molecular complexity index is 2470. The SMILES string of the molecule is CCCCCCCCCCCCCCCCOC(=O)Oc1ccc(COP(=O)(OCc2ccc(OC(=O)CCCC)cc2)OP(=O)(O)OP(=O)(O)OC[C@H]2O[C@@H](n3cc(C)c(=O)[nH]c3=O)C[C@@H]2N=[N+]=[N-])cc1.N.N. The zero-order valence-electron chi connectivity index (χ0n) is 42.5. The average molecular weight is 1110 g/mol. The molecule has 3 aromatic rings. The number of H-pyrrole nitrogens is 1. The van der Waals surface area contributed by atoms with E-state index in [0.717, 1.165) is 30.3 Å². The lowest BCUT2D eigenvalue weighted by Gasteiger charge is -2.22. The van der Waals surface area contributed by atoms with Crippen molar-refractivity contribution >= 4 is 35.6 Å². The summed E-state index contributed by atoms with van der Waals surface area (Å²) in [7, 11) is -16.8. The van der Waals surface area contributed by atoms with E-state index in [1.165, 1.54) is 126 Å². The molecule has 2 heterocycles. The number of hydrogen-bond acceptors (Lipinski definition) is 19. The summed E-state index contributed by atoms with van der Waals surface area (Å²) in [5.41, 5.74) is 8.32. The number of aryl methyl sites for hydroxylation is 1. The van der Waals surface area contributed by atoms with Gasteiger partial charge in [0.15, 0.2) is 0 Å². The van der Waals surface area contributed by atoms with E-state index in [-0.39, 0.29) is 54.4 Å². The number of unbranched alkanes of at least 4 members (excludes halogenated alkanes) is 14. The van der Waals surface area contributed by atoms with Crippen molar-refractivity contribution in [3.05, 3.63) is 103 Å². The van der Waals surface area contributed by atoms with E-state index in [4.69, 9.17) is 42.4 Å². The smallest absolute Gasteiger partial charge is 0.434 e. The molecule has 1 saturated heterocycles. The van der Waals surface area contributed by atoms with Gasteiger partial charge in [-0.25, -0.2) is 23.3 Å². The number of carbonyl (C=O) groups is 2. The summed E-state index contributed by atoms with van der Waals surface area (Å²) in [5, 5.41) is 3.57. The standard InChI is InChI=1S/C46H68N5O18P3.2H3N/c1-4-6-8-9-10-11-12-13-14-15-16-17-18-19-29-61-46(55)66-39-27-23-37(24-28-39)33-64-72(60,63-32-36-21-25-38(26-22-36)65-43(52)20-7-5-2)69-71(58,59)68-70(56,57)62-34-41-40(49-50-47)30-42(67-41)51-31-35(3)44(53)48-45(51)54;;/h21-28,31,40-42H,4-20,29-30,32-34H2,1-3H3,(H,56,57)(H,58,59)(H,48,53,54);2*1H3/t40-,41+,42+,72?;;/m0../s1. The van der Waals surface area contributed by atoms with Crippen LogP contribution in [-0.4, -0.2) is 56.8 Å². The lowest BCUT2D eigenvalue weighted by atomic mass is 10.0. The number of nitrogens with one attached hydrogen (secondary N) is 1. The minimum atomic E-state index is -5.91. The zero-order valence-corrected chi connectivity index (χ0v) is 45.1. The molecule has 1 fully saturated rings. The minimum absolute atomic E-state index is 0. The Morgan fingerprint density at radius 2 is 1.26 bits per heavy atom. The van der Waals surface area contributed by atoms with Gasteiger partial charge >= 0.3 is 41.3 Å². The maximum absolute atomic E-state index is 14.0. The van der Waals surface area contributed by atoms with E-state index in [0.29, 0.717) is 18.4 Å². The van der Waals surface area contributed by atoms with Crippen LogP contribution in [0.1, 0.15) is 152 Å². The number of nitrogens with zero attached hydrogens (tertiary/aromatic N) is 4. The van der Waals surface area contributed by atoms with Crippen molar-refractivity contribution < 1.29 is 74.2 Å². The Morgan fingerprint density at radius 1 is 0.743 bits per heavy atom. The Balaban J connectivity index is 0.00000937. The minimum Gasteiger partial charge on any atom is -0.434 e. The van der Waals surface area contributed by atoms with Gasteiger partial charge in [0.25, 0.3) is 5.56 Å². The molecule has 0 saturated carbocycles. The fourth-order valence-electron chi connectivity index (χ4n) is 7.27. The molecular weight excluding hydrogens is 1030 g/mol. The van der Waals surface area contributed by atoms with Crippen LogP contribution < -0.4 is 33.0 Å². The lowest BCUT2D eigenvalue weighted by Crippen LogP contribution is -2.33. The second-order valence-electron chi connectivity index (χ2n) is 17.2. The van der Waals surface area contributed by atoms with E-state index in [1.807, 2.05) is 6.92 Å². The molecule has 25 nitrogen and oxygen atoms in total. The normalized spacial score (nSPS) is 17.6. The first-order valence-electron chi connectivity index (χ1n) is 24.3. The summed E-state index contributed by atoms with van der Waals surface area (Å²) in [6, 6.07) is 10.2. The van der Waals surface area contributed by atoms with Crippen LogP contribution in [0.4, 0.5) is 4.79 Å². The zero-order chi connectivity index (χ0) is 52.4. The topological polar surface area (TPSA) is 382 Å². The molecule has 416 valence electrons. The predicted octanol–water partition coefficient (Wildman–Crippen LogP) is 12.0. The molecule has 0 amide bonds. The van der Waals surface area contributed by atoms with Gasteiger partial charge in [-0.05, 0) is 60.7 Å². The highest BCUT2D eigenvalue weighted by atomic mass is 31.3. The van der Waals surface area contributed by atoms with Crippen LogP contribution >= 0.6 is 23.5 Å². The highest BCUT2D eigenvalue weighted by molar-refractivity contribution is 7.67. The van der Waals surface area contributed by atoms with Gasteiger partial charge < -0.3 is 41.0 Å². The third-order valence-electron chi connectivity index (χ3n) is 11.2. The highest BCUT2D eigenvalue weighted by Gasteiger charge is 2.45. The molecule has 1 aromatic heterocycles. The van der Waals surface area contributed by atoms with Crippen LogP contribution in [0.2, 0.25) is 0 Å². The average Bonchev–Trinajstić information content (AvgIpc) is 3.74. The molecule has 1 aliphatic heterocycles. The van der Waals surface area contributed by atoms with Crippen molar-refractivity contribution in [3.63, 3.8) is 0 Å². The monoisotopic (exact) mass is 1110 g/mol. The quantitative estimate of drug-likeness (QED) is 0.00534. The number of hydrogen-bond donors (Lipinski definition) is 5. The van der Waals surface area contributed by atoms with Crippen molar-refractivity contribution in [2.24, 2.45) is 5.11 Å².